The molecule has 0 saturated carbocycles. The van der Waals surface area contributed by atoms with Crippen LogP contribution in [0.4, 0.5) is 0 Å². The van der Waals surface area contributed by atoms with E-state index in [0.29, 0.717) is 0 Å². The Balaban J connectivity index is 1.51. The van der Waals surface area contributed by atoms with Crippen LogP contribution in [-0.2, 0) is 13.0 Å². The molecule has 3 nitrogen and oxygen atoms in total. The number of aryl methyl sites for hydroxylation is 1. The number of aromatic nitrogens is 1. The smallest absolute Gasteiger partial charge is 0.0346 e. The third-order valence-electron chi connectivity index (χ3n) is 4.58. The molecule has 0 saturated heterocycles. The highest BCUT2D eigenvalue weighted by molar-refractivity contribution is 5.81. The number of hydrogen-bond acceptors (Lipinski definition) is 3. The minimum absolute atomic E-state index is 0.148. The van der Waals surface area contributed by atoms with Gasteiger partial charge in [-0.15, -0.1) is 0 Å². The molecular formula is C21H25N3. The number of hydrogen-bond donors (Lipinski definition) is 2. The van der Waals surface area contributed by atoms with Crippen LogP contribution < -0.4 is 11.1 Å². The third-order valence-corrected chi connectivity index (χ3v) is 4.58. The van der Waals surface area contributed by atoms with Crippen LogP contribution in [0.3, 0.4) is 0 Å². The normalized spacial score (nSPS) is 13.8. The highest BCUT2D eigenvalue weighted by atomic mass is 14.9. The van der Waals surface area contributed by atoms with Crippen molar-refractivity contribution in [3.63, 3.8) is 0 Å². The van der Waals surface area contributed by atoms with Crippen LogP contribution >= 0.6 is 0 Å². The van der Waals surface area contributed by atoms with E-state index in [2.05, 4.69) is 59.7 Å². The number of nitrogens with one attached hydrogen (secondary N) is 1. The Labute approximate surface area is 143 Å². The summed E-state index contributed by atoms with van der Waals surface area (Å²) in [5.74, 6) is 0. The van der Waals surface area contributed by atoms with Gasteiger partial charge in [0.05, 0.1) is 0 Å². The minimum atomic E-state index is 0.148. The highest BCUT2D eigenvalue weighted by Crippen LogP contribution is 2.14. The summed E-state index contributed by atoms with van der Waals surface area (Å²) in [4.78, 5) is 4.15. The molecule has 3 rings (SSSR count). The van der Waals surface area contributed by atoms with Gasteiger partial charge in [0.15, 0.2) is 0 Å². The molecule has 0 fully saturated rings. The van der Waals surface area contributed by atoms with Crippen molar-refractivity contribution in [1.29, 1.82) is 0 Å². The zero-order chi connectivity index (χ0) is 16.8. The second kappa shape index (κ2) is 8.04. The molecule has 24 heavy (non-hydrogen) atoms. The van der Waals surface area contributed by atoms with E-state index < -0.39 is 0 Å². The molecule has 0 aliphatic heterocycles. The monoisotopic (exact) mass is 319 g/mol. The van der Waals surface area contributed by atoms with E-state index in [1.807, 2.05) is 24.5 Å². The molecule has 0 bridgehead atoms. The fourth-order valence-corrected chi connectivity index (χ4v) is 2.90. The maximum atomic E-state index is 6.35. The molecule has 0 aliphatic carbocycles. The molecule has 2 atom stereocenters. The van der Waals surface area contributed by atoms with Crippen LogP contribution in [0.25, 0.3) is 10.8 Å². The lowest BCUT2D eigenvalue weighted by Gasteiger charge is -2.21. The standard InChI is InChI=1S/C21H25N3/c1-16(21(22)10-8-17-5-3-2-4-6-17)24-14-18-7-9-20-15-23-12-11-19(20)13-18/h2-7,9,11-13,15-16,21,24H,8,10,14,22H2,1H3/t16-,21?/m1/s1. The number of nitrogens with zero attached hydrogens (tertiary/aromatic N) is 1. The summed E-state index contributed by atoms with van der Waals surface area (Å²) < 4.78 is 0. The van der Waals surface area contributed by atoms with Gasteiger partial charge in [-0.3, -0.25) is 4.98 Å². The van der Waals surface area contributed by atoms with E-state index in [4.69, 9.17) is 5.73 Å². The second-order valence-electron chi connectivity index (χ2n) is 6.41. The first kappa shape index (κ1) is 16.6. The molecular weight excluding hydrogens is 294 g/mol. The number of rotatable bonds is 7. The summed E-state index contributed by atoms with van der Waals surface area (Å²) in [6, 6.07) is 19.5. The molecule has 1 aromatic heterocycles. The van der Waals surface area contributed by atoms with Crippen LogP contribution in [0.1, 0.15) is 24.5 Å². The van der Waals surface area contributed by atoms with Crippen molar-refractivity contribution >= 4 is 10.8 Å². The molecule has 3 N–H and O–H groups in total. The maximum absolute atomic E-state index is 6.35. The van der Waals surface area contributed by atoms with Crippen molar-refractivity contribution in [1.82, 2.24) is 10.3 Å². The number of pyridine rings is 1. The molecule has 1 unspecified atom stereocenters. The SMILES string of the molecule is C[C@@H](NCc1ccc2cnccc2c1)C(N)CCc1ccccc1. The van der Waals surface area contributed by atoms with Crippen molar-refractivity contribution in [2.45, 2.75) is 38.4 Å². The second-order valence-corrected chi connectivity index (χ2v) is 6.41. The molecule has 0 radical (unpaired) electrons. The summed E-state index contributed by atoms with van der Waals surface area (Å²) in [6.45, 7) is 3.00. The fourth-order valence-electron chi connectivity index (χ4n) is 2.90. The van der Waals surface area contributed by atoms with Crippen LogP contribution in [-0.4, -0.2) is 17.1 Å². The lowest BCUT2D eigenvalue weighted by atomic mass is 10.0. The van der Waals surface area contributed by atoms with Gasteiger partial charge in [0, 0.05) is 36.4 Å². The Bertz CT molecular complexity index is 770. The van der Waals surface area contributed by atoms with Gasteiger partial charge >= 0.3 is 0 Å². The van der Waals surface area contributed by atoms with E-state index in [1.54, 1.807) is 0 Å². The summed E-state index contributed by atoms with van der Waals surface area (Å²) in [5.41, 5.74) is 8.97. The van der Waals surface area contributed by atoms with E-state index in [0.717, 1.165) is 19.4 Å². The number of fused-ring (bicyclic) bond motifs is 1. The Hall–Kier alpha value is -2.23. The van der Waals surface area contributed by atoms with Gasteiger partial charge in [-0.25, -0.2) is 0 Å². The molecule has 0 aliphatic rings. The van der Waals surface area contributed by atoms with Gasteiger partial charge in [-0.1, -0.05) is 42.5 Å². The first-order valence-electron chi connectivity index (χ1n) is 8.58. The average molecular weight is 319 g/mol. The van der Waals surface area contributed by atoms with Crippen LogP contribution in [0.5, 0.6) is 0 Å². The van der Waals surface area contributed by atoms with Gasteiger partial charge in [-0.05, 0) is 48.4 Å². The van der Waals surface area contributed by atoms with Crippen molar-refractivity contribution in [2.75, 3.05) is 0 Å². The molecule has 0 spiro atoms. The first-order valence-corrected chi connectivity index (χ1v) is 8.58. The Morgan fingerprint density at radius 3 is 2.67 bits per heavy atom. The first-order chi connectivity index (χ1) is 11.7. The third kappa shape index (κ3) is 4.40. The van der Waals surface area contributed by atoms with Crippen molar-refractivity contribution in [2.24, 2.45) is 5.73 Å². The number of benzene rings is 2. The van der Waals surface area contributed by atoms with Crippen LogP contribution in [0, 0.1) is 0 Å². The lowest BCUT2D eigenvalue weighted by Crippen LogP contribution is -2.42. The van der Waals surface area contributed by atoms with Gasteiger partial charge in [0.2, 0.25) is 0 Å². The Kier molecular flexibility index (Phi) is 5.57. The van der Waals surface area contributed by atoms with E-state index in [1.165, 1.54) is 21.9 Å². The van der Waals surface area contributed by atoms with Crippen LogP contribution in [0.15, 0.2) is 67.0 Å². The predicted molar refractivity (Wildman–Crippen MR) is 101 cm³/mol. The fraction of sp³-hybridized carbons (Fsp3) is 0.286. The zero-order valence-electron chi connectivity index (χ0n) is 14.2. The quantitative estimate of drug-likeness (QED) is 0.698. The van der Waals surface area contributed by atoms with Crippen molar-refractivity contribution < 1.29 is 0 Å². The Morgan fingerprint density at radius 2 is 1.83 bits per heavy atom. The maximum Gasteiger partial charge on any atom is 0.0346 e. The summed E-state index contributed by atoms with van der Waals surface area (Å²) in [7, 11) is 0. The molecule has 1 heterocycles. The summed E-state index contributed by atoms with van der Waals surface area (Å²) in [5, 5.41) is 5.96. The zero-order valence-corrected chi connectivity index (χ0v) is 14.2. The summed E-state index contributed by atoms with van der Waals surface area (Å²) in [6.07, 6.45) is 5.74. The van der Waals surface area contributed by atoms with E-state index >= 15 is 0 Å². The van der Waals surface area contributed by atoms with Crippen molar-refractivity contribution in [3.8, 4) is 0 Å². The average Bonchev–Trinajstić information content (AvgIpc) is 2.64. The lowest BCUT2D eigenvalue weighted by molar-refractivity contribution is 0.435. The van der Waals surface area contributed by atoms with Gasteiger partial charge in [0.25, 0.3) is 0 Å². The van der Waals surface area contributed by atoms with Crippen LogP contribution in [0.2, 0.25) is 0 Å². The largest absolute Gasteiger partial charge is 0.326 e. The van der Waals surface area contributed by atoms with E-state index in [9.17, 15) is 0 Å². The number of nitrogens with two attached hydrogens (primary N) is 1. The molecule has 3 heteroatoms. The van der Waals surface area contributed by atoms with Gasteiger partial charge in [0.1, 0.15) is 0 Å². The Morgan fingerprint density at radius 1 is 1.00 bits per heavy atom. The molecule has 3 aromatic rings. The predicted octanol–water partition coefficient (Wildman–Crippen LogP) is 3.67. The summed E-state index contributed by atoms with van der Waals surface area (Å²) >= 11 is 0. The minimum Gasteiger partial charge on any atom is -0.326 e. The van der Waals surface area contributed by atoms with E-state index in [-0.39, 0.29) is 12.1 Å². The molecule has 124 valence electrons. The van der Waals surface area contributed by atoms with Gasteiger partial charge < -0.3 is 11.1 Å². The molecule has 2 aromatic carbocycles. The molecule has 0 amide bonds. The van der Waals surface area contributed by atoms with Gasteiger partial charge in [-0.2, -0.15) is 0 Å². The highest BCUT2D eigenvalue weighted by Gasteiger charge is 2.12. The van der Waals surface area contributed by atoms with Crippen molar-refractivity contribution in [3.05, 3.63) is 78.1 Å². The topological polar surface area (TPSA) is 50.9 Å².